The fraction of sp³-hybridized carbons (Fsp3) is 0.292. The molecular formula is C24H20ClF2N3O3. The molecule has 1 fully saturated rings. The van der Waals surface area contributed by atoms with Gasteiger partial charge in [0.2, 0.25) is 0 Å². The minimum Gasteiger partial charge on any atom is -0.378 e. The monoisotopic (exact) mass is 471 g/mol. The molecule has 2 N–H and O–H groups in total. The number of rotatable bonds is 4. The molecule has 1 saturated carbocycles. The van der Waals surface area contributed by atoms with E-state index in [1.165, 1.54) is 4.90 Å². The number of amides is 1. The number of halogens is 3. The molecule has 0 radical (unpaired) electrons. The van der Waals surface area contributed by atoms with E-state index in [0.717, 1.165) is 30.5 Å². The lowest BCUT2D eigenvalue weighted by atomic mass is 9.94. The summed E-state index contributed by atoms with van der Waals surface area (Å²) < 4.78 is 27.7. The normalized spacial score (nSPS) is 17.4. The molecule has 170 valence electrons. The minimum absolute atomic E-state index is 0.0667. The number of nitrogens with zero attached hydrogens (tertiary/aromatic N) is 2. The summed E-state index contributed by atoms with van der Waals surface area (Å²) in [7, 11) is 0. The molecule has 1 amide bonds. The number of hydrogen-bond acceptors (Lipinski definition) is 4. The Hall–Kier alpha value is -3.10. The van der Waals surface area contributed by atoms with Crippen LogP contribution in [0, 0.1) is 11.6 Å². The van der Waals surface area contributed by atoms with Crippen molar-refractivity contribution < 1.29 is 18.7 Å². The first-order chi connectivity index (χ1) is 15.8. The van der Waals surface area contributed by atoms with Gasteiger partial charge in [-0.2, -0.15) is 0 Å². The molecule has 6 nitrogen and oxygen atoms in total. The summed E-state index contributed by atoms with van der Waals surface area (Å²) in [5.74, 6) is -2.34. The van der Waals surface area contributed by atoms with Crippen LogP contribution in [-0.2, 0) is 23.2 Å². The van der Waals surface area contributed by atoms with E-state index in [2.05, 4.69) is 4.98 Å². The van der Waals surface area contributed by atoms with E-state index < -0.39 is 34.2 Å². The van der Waals surface area contributed by atoms with Gasteiger partial charge in [0.1, 0.15) is 16.7 Å². The third-order valence-corrected chi connectivity index (χ3v) is 6.85. The van der Waals surface area contributed by atoms with Crippen LogP contribution in [0.3, 0.4) is 0 Å². The quantitative estimate of drug-likeness (QED) is 0.571. The Bertz CT molecular complexity index is 1310. The SMILES string of the molecule is O=C(C(O)c1ccc(F)c(Cl)c1F)N1CCc2nc(C3(c4ccccc4)CC3)[nH]c(=O)c2C1. The number of carbonyl (C=O) groups is 1. The van der Waals surface area contributed by atoms with Gasteiger partial charge in [-0.25, -0.2) is 13.8 Å². The maximum Gasteiger partial charge on any atom is 0.256 e. The van der Waals surface area contributed by atoms with Crippen LogP contribution >= 0.6 is 11.6 Å². The first-order valence-corrected chi connectivity index (χ1v) is 11.0. The number of aliphatic hydroxyl groups is 1. The van der Waals surface area contributed by atoms with E-state index >= 15 is 0 Å². The van der Waals surface area contributed by atoms with Crippen LogP contribution in [0.1, 0.15) is 47.2 Å². The van der Waals surface area contributed by atoms with Gasteiger partial charge in [0, 0.05) is 18.5 Å². The fourth-order valence-electron chi connectivity index (χ4n) is 4.44. The van der Waals surface area contributed by atoms with Crippen LogP contribution < -0.4 is 5.56 Å². The Morgan fingerprint density at radius 2 is 1.91 bits per heavy atom. The third kappa shape index (κ3) is 3.63. The molecule has 2 heterocycles. The van der Waals surface area contributed by atoms with Crippen molar-refractivity contribution in [3.05, 3.63) is 97.7 Å². The summed E-state index contributed by atoms with van der Waals surface area (Å²) in [5, 5.41) is 9.64. The Balaban J connectivity index is 1.40. The summed E-state index contributed by atoms with van der Waals surface area (Å²) in [4.78, 5) is 34.7. The van der Waals surface area contributed by atoms with Gasteiger partial charge in [-0.15, -0.1) is 0 Å². The average Bonchev–Trinajstić information content (AvgIpc) is 3.64. The van der Waals surface area contributed by atoms with Gasteiger partial charge >= 0.3 is 0 Å². The number of aromatic amines is 1. The predicted octanol–water partition coefficient (Wildman–Crippen LogP) is 3.40. The maximum absolute atomic E-state index is 14.3. The molecule has 33 heavy (non-hydrogen) atoms. The van der Waals surface area contributed by atoms with Crippen LogP contribution in [-0.4, -0.2) is 32.4 Å². The lowest BCUT2D eigenvalue weighted by Gasteiger charge is -2.30. The van der Waals surface area contributed by atoms with Crippen molar-refractivity contribution >= 4 is 17.5 Å². The molecular weight excluding hydrogens is 452 g/mol. The number of aliphatic hydroxyl groups excluding tert-OH is 1. The van der Waals surface area contributed by atoms with E-state index in [0.29, 0.717) is 23.5 Å². The van der Waals surface area contributed by atoms with Crippen LogP contribution in [0.5, 0.6) is 0 Å². The highest BCUT2D eigenvalue weighted by Gasteiger charge is 2.48. The molecule has 2 aromatic carbocycles. The van der Waals surface area contributed by atoms with Gasteiger partial charge in [0.05, 0.1) is 23.2 Å². The van der Waals surface area contributed by atoms with E-state index in [4.69, 9.17) is 16.6 Å². The molecule has 1 unspecified atom stereocenters. The van der Waals surface area contributed by atoms with Crippen molar-refractivity contribution in [3.8, 4) is 0 Å². The molecule has 9 heteroatoms. The van der Waals surface area contributed by atoms with Crippen molar-refractivity contribution in [2.45, 2.75) is 37.3 Å². The summed E-state index contributed by atoms with van der Waals surface area (Å²) in [6.07, 6.45) is 0.231. The standard InChI is InChI=1S/C24H20ClF2N3O3/c25-18-16(26)7-6-14(19(18)27)20(31)22(33)30-11-8-17-15(12-30)21(32)29-23(28-17)24(9-10-24)13-4-2-1-3-5-13/h1-7,20,31H,8-12H2,(H,28,29,32). The van der Waals surface area contributed by atoms with Crippen molar-refractivity contribution in [3.63, 3.8) is 0 Å². The molecule has 0 bridgehead atoms. The zero-order chi connectivity index (χ0) is 23.3. The number of aromatic nitrogens is 2. The average molecular weight is 472 g/mol. The Morgan fingerprint density at radius 3 is 2.61 bits per heavy atom. The highest BCUT2D eigenvalue weighted by atomic mass is 35.5. The number of nitrogens with one attached hydrogen (secondary N) is 1. The van der Waals surface area contributed by atoms with Crippen molar-refractivity contribution in [2.24, 2.45) is 0 Å². The number of H-pyrrole nitrogens is 1. The Kier molecular flexibility index (Phi) is 5.29. The second kappa shape index (κ2) is 8.04. The number of carbonyl (C=O) groups excluding carboxylic acids is 1. The first kappa shape index (κ1) is 21.7. The van der Waals surface area contributed by atoms with E-state index in [1.807, 2.05) is 30.3 Å². The summed E-state index contributed by atoms with van der Waals surface area (Å²) >= 11 is 5.57. The molecule has 0 saturated heterocycles. The van der Waals surface area contributed by atoms with Gasteiger partial charge in [-0.1, -0.05) is 41.9 Å². The summed E-state index contributed by atoms with van der Waals surface area (Å²) in [6.45, 7) is 0.135. The van der Waals surface area contributed by atoms with Gasteiger partial charge in [-0.05, 0) is 30.5 Å². The molecule has 1 aromatic heterocycles. The lowest BCUT2D eigenvalue weighted by molar-refractivity contribution is -0.141. The largest absolute Gasteiger partial charge is 0.378 e. The van der Waals surface area contributed by atoms with Gasteiger partial charge in [0.25, 0.3) is 11.5 Å². The zero-order valence-electron chi connectivity index (χ0n) is 17.4. The minimum atomic E-state index is -1.87. The zero-order valence-corrected chi connectivity index (χ0v) is 18.2. The molecule has 2 aliphatic rings. The van der Waals surface area contributed by atoms with E-state index in [1.54, 1.807) is 0 Å². The summed E-state index contributed by atoms with van der Waals surface area (Å²) in [6, 6.07) is 11.8. The third-order valence-electron chi connectivity index (χ3n) is 6.50. The Labute approximate surface area is 192 Å². The second-order valence-electron chi connectivity index (χ2n) is 8.46. The highest BCUT2D eigenvalue weighted by Crippen LogP contribution is 2.51. The van der Waals surface area contributed by atoms with Crippen molar-refractivity contribution in [1.82, 2.24) is 14.9 Å². The highest BCUT2D eigenvalue weighted by molar-refractivity contribution is 6.31. The number of hydrogen-bond donors (Lipinski definition) is 2. The topological polar surface area (TPSA) is 86.3 Å². The van der Waals surface area contributed by atoms with Gasteiger partial charge in [0.15, 0.2) is 11.9 Å². The lowest BCUT2D eigenvalue weighted by Crippen LogP contribution is -2.42. The van der Waals surface area contributed by atoms with Crippen LogP contribution in [0.4, 0.5) is 8.78 Å². The van der Waals surface area contributed by atoms with Crippen molar-refractivity contribution in [1.29, 1.82) is 0 Å². The predicted molar refractivity (Wildman–Crippen MR) is 117 cm³/mol. The van der Waals surface area contributed by atoms with Gasteiger partial charge in [-0.3, -0.25) is 9.59 Å². The number of benzene rings is 2. The molecule has 0 spiro atoms. The first-order valence-electron chi connectivity index (χ1n) is 10.6. The molecule has 3 aromatic rings. The van der Waals surface area contributed by atoms with Crippen LogP contribution in [0.25, 0.3) is 0 Å². The molecule has 1 aliphatic heterocycles. The summed E-state index contributed by atoms with van der Waals surface area (Å²) in [5.41, 5.74) is 1.01. The smallest absolute Gasteiger partial charge is 0.256 e. The van der Waals surface area contributed by atoms with Crippen molar-refractivity contribution in [2.75, 3.05) is 6.54 Å². The van der Waals surface area contributed by atoms with Crippen LogP contribution in [0.2, 0.25) is 5.02 Å². The maximum atomic E-state index is 14.3. The Morgan fingerprint density at radius 1 is 1.18 bits per heavy atom. The van der Waals surface area contributed by atoms with Gasteiger partial charge < -0.3 is 15.0 Å². The molecule has 1 atom stereocenters. The molecule has 5 rings (SSSR count). The van der Waals surface area contributed by atoms with E-state index in [9.17, 15) is 23.5 Å². The van der Waals surface area contributed by atoms with Crippen LogP contribution in [0.15, 0.2) is 47.3 Å². The van der Waals surface area contributed by atoms with E-state index in [-0.39, 0.29) is 24.1 Å². The molecule has 1 aliphatic carbocycles. The fourth-order valence-corrected chi connectivity index (χ4v) is 4.61. The number of fused-ring (bicyclic) bond motifs is 1. The second-order valence-corrected chi connectivity index (χ2v) is 8.84.